The number of aliphatic hydroxyl groups excluding tert-OH is 1. The molecule has 26 heavy (non-hydrogen) atoms. The molecule has 0 aromatic heterocycles. The standard InChI is InChI=1S/C18H32Cl2N2O4/c1-22(9-10-4-5-12(19)8-13(10)20)21-18-17(26-18)11-6-14(24-2)16(23)15(7-11)25-3/h10-18,21,23H,4-9H2,1-3H3. The van der Waals surface area contributed by atoms with Crippen LogP contribution in [0.2, 0.25) is 0 Å². The van der Waals surface area contributed by atoms with Crippen LogP contribution < -0.4 is 5.43 Å². The van der Waals surface area contributed by atoms with Crippen LogP contribution in [-0.4, -0.2) is 79.3 Å². The molecule has 0 aromatic rings. The fourth-order valence-electron chi connectivity index (χ4n) is 4.49. The van der Waals surface area contributed by atoms with E-state index in [1.165, 1.54) is 0 Å². The Labute approximate surface area is 166 Å². The maximum atomic E-state index is 10.2. The van der Waals surface area contributed by atoms with Gasteiger partial charge in [-0.3, -0.25) is 0 Å². The van der Waals surface area contributed by atoms with Gasteiger partial charge in [-0.15, -0.1) is 23.2 Å². The Bertz CT molecular complexity index is 447. The van der Waals surface area contributed by atoms with E-state index in [9.17, 15) is 5.11 Å². The van der Waals surface area contributed by atoms with E-state index in [2.05, 4.69) is 10.4 Å². The van der Waals surface area contributed by atoms with E-state index in [4.69, 9.17) is 37.4 Å². The first-order valence-electron chi connectivity index (χ1n) is 9.57. The van der Waals surface area contributed by atoms with E-state index in [-0.39, 0.29) is 35.3 Å². The Morgan fingerprint density at radius 2 is 1.77 bits per heavy atom. The zero-order chi connectivity index (χ0) is 18.8. The molecule has 7 atom stereocenters. The lowest BCUT2D eigenvalue weighted by molar-refractivity contribution is -0.128. The third-order valence-electron chi connectivity index (χ3n) is 6.13. The van der Waals surface area contributed by atoms with Gasteiger partial charge in [0.1, 0.15) is 18.4 Å². The van der Waals surface area contributed by atoms with Crippen LogP contribution in [-0.2, 0) is 14.2 Å². The molecule has 6 nitrogen and oxygen atoms in total. The molecular formula is C18H32Cl2N2O4. The first-order valence-corrected chi connectivity index (χ1v) is 10.4. The van der Waals surface area contributed by atoms with Crippen molar-refractivity contribution in [3.05, 3.63) is 0 Å². The number of hydrogen-bond donors (Lipinski definition) is 2. The lowest BCUT2D eigenvalue weighted by atomic mass is 9.81. The summed E-state index contributed by atoms with van der Waals surface area (Å²) >= 11 is 12.7. The largest absolute Gasteiger partial charge is 0.388 e. The fraction of sp³-hybridized carbons (Fsp3) is 1.00. The van der Waals surface area contributed by atoms with Crippen LogP contribution in [0, 0.1) is 11.8 Å². The van der Waals surface area contributed by atoms with E-state index in [1.807, 2.05) is 7.05 Å². The lowest BCUT2D eigenvalue weighted by Crippen LogP contribution is -2.48. The minimum Gasteiger partial charge on any atom is -0.388 e. The summed E-state index contributed by atoms with van der Waals surface area (Å²) in [6.45, 7) is 0.884. The predicted octanol–water partition coefficient (Wildman–Crippen LogP) is 1.96. The summed E-state index contributed by atoms with van der Waals surface area (Å²) in [5, 5.41) is 12.7. The maximum Gasteiger partial charge on any atom is 0.147 e. The van der Waals surface area contributed by atoms with Crippen molar-refractivity contribution in [2.75, 3.05) is 27.8 Å². The zero-order valence-electron chi connectivity index (χ0n) is 15.8. The fourth-order valence-corrected chi connectivity index (χ4v) is 5.32. The predicted molar refractivity (Wildman–Crippen MR) is 101 cm³/mol. The first kappa shape index (κ1) is 21.1. The Morgan fingerprint density at radius 3 is 2.35 bits per heavy atom. The van der Waals surface area contributed by atoms with Crippen LogP contribution in [0.1, 0.15) is 32.1 Å². The number of rotatable bonds is 7. The van der Waals surface area contributed by atoms with E-state index >= 15 is 0 Å². The maximum absolute atomic E-state index is 10.2. The van der Waals surface area contributed by atoms with Gasteiger partial charge in [-0.1, -0.05) is 0 Å². The van der Waals surface area contributed by atoms with Crippen molar-refractivity contribution in [3.8, 4) is 0 Å². The molecule has 1 saturated heterocycles. The minimum atomic E-state index is -0.577. The average Bonchev–Trinajstić information content (AvgIpc) is 3.36. The quantitative estimate of drug-likeness (QED) is 0.379. The average molecular weight is 411 g/mol. The minimum absolute atomic E-state index is 0.00777. The van der Waals surface area contributed by atoms with Crippen molar-refractivity contribution in [1.29, 1.82) is 0 Å². The van der Waals surface area contributed by atoms with Gasteiger partial charge in [-0.2, -0.15) is 0 Å². The lowest BCUT2D eigenvalue weighted by Gasteiger charge is -2.37. The monoisotopic (exact) mass is 410 g/mol. The second-order valence-corrected chi connectivity index (χ2v) is 9.17. The SMILES string of the molecule is COC1CC(C2OC2NN(C)CC2CCC(Cl)CC2Cl)CC(OC)C1O. The normalized spacial score (nSPS) is 46.5. The molecule has 8 heteroatoms. The summed E-state index contributed by atoms with van der Waals surface area (Å²) in [5.41, 5.74) is 3.43. The van der Waals surface area contributed by atoms with E-state index in [0.717, 1.165) is 38.6 Å². The number of ether oxygens (including phenoxy) is 3. The molecule has 3 rings (SSSR count). The van der Waals surface area contributed by atoms with Crippen molar-refractivity contribution >= 4 is 23.2 Å². The molecule has 7 unspecified atom stereocenters. The number of hydrogen-bond acceptors (Lipinski definition) is 6. The molecule has 3 aliphatic rings. The van der Waals surface area contributed by atoms with Crippen molar-refractivity contribution in [3.63, 3.8) is 0 Å². The number of nitrogens with zero attached hydrogens (tertiary/aromatic N) is 1. The van der Waals surface area contributed by atoms with Crippen molar-refractivity contribution < 1.29 is 19.3 Å². The summed E-state index contributed by atoms with van der Waals surface area (Å²) in [5.74, 6) is 0.758. The molecular weight excluding hydrogens is 379 g/mol. The molecule has 1 heterocycles. The molecule has 0 radical (unpaired) electrons. The van der Waals surface area contributed by atoms with Crippen molar-refractivity contribution in [1.82, 2.24) is 10.4 Å². The van der Waals surface area contributed by atoms with E-state index < -0.39 is 6.10 Å². The number of alkyl halides is 2. The van der Waals surface area contributed by atoms with Crippen molar-refractivity contribution in [2.45, 2.75) is 73.5 Å². The Kier molecular flexibility index (Phi) is 7.47. The molecule has 0 amide bonds. The van der Waals surface area contributed by atoms with Gasteiger partial charge in [0.2, 0.25) is 0 Å². The summed E-state index contributed by atoms with van der Waals surface area (Å²) in [6.07, 6.45) is 3.70. The second-order valence-electron chi connectivity index (χ2n) is 7.99. The molecule has 0 spiro atoms. The molecule has 2 N–H and O–H groups in total. The zero-order valence-corrected chi connectivity index (χ0v) is 17.3. The topological polar surface area (TPSA) is 66.5 Å². The van der Waals surface area contributed by atoms with Crippen LogP contribution in [0.25, 0.3) is 0 Å². The summed E-state index contributed by atoms with van der Waals surface area (Å²) < 4.78 is 16.8. The van der Waals surface area contributed by atoms with Crippen molar-refractivity contribution in [2.24, 2.45) is 11.8 Å². The number of aliphatic hydroxyl groups is 1. The van der Waals surface area contributed by atoms with Crippen LogP contribution in [0.15, 0.2) is 0 Å². The smallest absolute Gasteiger partial charge is 0.147 e. The third kappa shape index (κ3) is 5.03. The Morgan fingerprint density at radius 1 is 1.12 bits per heavy atom. The number of hydrazine groups is 1. The molecule has 2 aliphatic carbocycles. The number of methoxy groups -OCH3 is 2. The van der Waals surface area contributed by atoms with Gasteiger partial charge in [-0.05, 0) is 43.9 Å². The van der Waals surface area contributed by atoms with Gasteiger partial charge in [0.15, 0.2) is 0 Å². The highest BCUT2D eigenvalue weighted by atomic mass is 35.5. The highest BCUT2D eigenvalue weighted by Crippen LogP contribution is 2.39. The number of nitrogens with one attached hydrogen (secondary N) is 1. The van der Waals surface area contributed by atoms with Gasteiger partial charge < -0.3 is 19.3 Å². The molecule has 3 fully saturated rings. The molecule has 2 saturated carbocycles. The molecule has 0 bridgehead atoms. The van der Waals surface area contributed by atoms with E-state index in [1.54, 1.807) is 14.2 Å². The highest BCUT2D eigenvalue weighted by Gasteiger charge is 2.50. The van der Waals surface area contributed by atoms with Gasteiger partial charge in [0.25, 0.3) is 0 Å². The van der Waals surface area contributed by atoms with Crippen LogP contribution in [0.5, 0.6) is 0 Å². The van der Waals surface area contributed by atoms with Gasteiger partial charge in [-0.25, -0.2) is 10.4 Å². The van der Waals surface area contributed by atoms with Gasteiger partial charge in [0.05, 0.1) is 12.2 Å². The molecule has 152 valence electrons. The Balaban J connectivity index is 1.45. The van der Waals surface area contributed by atoms with Gasteiger partial charge >= 0.3 is 0 Å². The summed E-state index contributed by atoms with van der Waals surface area (Å²) in [6, 6.07) is 0. The molecule has 0 aromatic carbocycles. The summed E-state index contributed by atoms with van der Waals surface area (Å²) in [4.78, 5) is 0. The highest BCUT2D eigenvalue weighted by molar-refractivity contribution is 6.23. The van der Waals surface area contributed by atoms with E-state index in [0.29, 0.717) is 11.8 Å². The van der Waals surface area contributed by atoms with Crippen LogP contribution >= 0.6 is 23.2 Å². The summed E-state index contributed by atoms with van der Waals surface area (Å²) in [7, 11) is 5.31. The van der Waals surface area contributed by atoms with Crippen LogP contribution in [0.4, 0.5) is 0 Å². The number of epoxide rings is 1. The number of halogens is 2. The van der Waals surface area contributed by atoms with Crippen LogP contribution in [0.3, 0.4) is 0 Å². The second kappa shape index (κ2) is 9.23. The van der Waals surface area contributed by atoms with Gasteiger partial charge in [0, 0.05) is 38.6 Å². The molecule has 1 aliphatic heterocycles. The third-order valence-corrected chi connectivity index (χ3v) is 7.06. The Hall–Kier alpha value is 0.340. The first-order chi connectivity index (χ1) is 12.4.